The van der Waals surface area contributed by atoms with Gasteiger partial charge in [-0.25, -0.2) is 8.42 Å². The van der Waals surface area contributed by atoms with Crippen LogP contribution in [-0.4, -0.2) is 29.4 Å². The minimum atomic E-state index is -4.41. The summed E-state index contributed by atoms with van der Waals surface area (Å²) >= 11 is 0. The first kappa shape index (κ1) is 28.7. The molecule has 0 aliphatic rings. The largest absolute Gasteiger partial charge is 1.00 e. The van der Waals surface area contributed by atoms with Gasteiger partial charge in [0.2, 0.25) is 0 Å². The summed E-state index contributed by atoms with van der Waals surface area (Å²) in [6.07, 6.45) is 14.2. The van der Waals surface area contributed by atoms with E-state index in [1.54, 1.807) is 0 Å². The van der Waals surface area contributed by atoms with Crippen LogP contribution in [0.2, 0.25) is 0 Å². The fourth-order valence-electron chi connectivity index (χ4n) is 3.15. The minimum absolute atomic E-state index is 0. The molecule has 0 rings (SSSR count). The molecule has 0 aliphatic heterocycles. The van der Waals surface area contributed by atoms with Crippen LogP contribution in [0.1, 0.15) is 110 Å². The molecule has 0 aromatic carbocycles. The van der Waals surface area contributed by atoms with Crippen LogP contribution in [-0.2, 0) is 10.1 Å². The van der Waals surface area contributed by atoms with E-state index in [0.29, 0.717) is 19.3 Å². The van der Waals surface area contributed by atoms with E-state index in [1.165, 1.54) is 44.9 Å². The second kappa shape index (κ2) is 18.9. The number of hydrogen-bond acceptors (Lipinski definition) is 4. The van der Waals surface area contributed by atoms with Crippen molar-refractivity contribution in [2.24, 2.45) is 0 Å². The standard InChI is InChI=1S/C19H40O4S.K/c1-3-5-7-8-9-10-11-12-13-15-17-19(24(21,22)23)18(20)16-14-6-4-2;/h18-20H,3-17H2,1-2H3,(H,21,22,23);/q;+1/p-1. The third-order valence-electron chi connectivity index (χ3n) is 4.75. The van der Waals surface area contributed by atoms with Crippen LogP contribution < -0.4 is 51.4 Å². The number of unbranched alkanes of at least 4 members (excludes halogenated alkanes) is 11. The second-order valence-electron chi connectivity index (χ2n) is 7.07. The Hall–Kier alpha value is 1.51. The Labute approximate surface area is 199 Å². The molecular weight excluding hydrogens is 363 g/mol. The van der Waals surface area contributed by atoms with Crippen LogP contribution in [0.25, 0.3) is 0 Å². The average molecular weight is 403 g/mol. The topological polar surface area (TPSA) is 77.4 Å². The quantitative estimate of drug-likeness (QED) is 0.230. The van der Waals surface area contributed by atoms with Gasteiger partial charge in [0.05, 0.1) is 11.4 Å². The Morgan fingerprint density at radius 3 is 1.52 bits per heavy atom. The van der Waals surface area contributed by atoms with Gasteiger partial charge in [0, 0.05) is 0 Å². The van der Waals surface area contributed by atoms with Crippen LogP contribution in [0.15, 0.2) is 0 Å². The maximum Gasteiger partial charge on any atom is 1.00 e. The fourth-order valence-corrected chi connectivity index (χ4v) is 4.13. The van der Waals surface area contributed by atoms with Gasteiger partial charge >= 0.3 is 51.4 Å². The van der Waals surface area contributed by atoms with E-state index >= 15 is 0 Å². The monoisotopic (exact) mass is 402 g/mol. The van der Waals surface area contributed by atoms with Crippen molar-refractivity contribution in [1.82, 2.24) is 0 Å². The summed E-state index contributed by atoms with van der Waals surface area (Å²) in [4.78, 5) is 0. The van der Waals surface area contributed by atoms with Gasteiger partial charge < -0.3 is 9.66 Å². The molecule has 0 amide bonds. The zero-order chi connectivity index (χ0) is 18.3. The smallest absolute Gasteiger partial charge is 0.748 e. The molecule has 0 fully saturated rings. The summed E-state index contributed by atoms with van der Waals surface area (Å²) in [5.41, 5.74) is 0. The van der Waals surface area contributed by atoms with Gasteiger partial charge in [-0.2, -0.15) is 0 Å². The molecule has 25 heavy (non-hydrogen) atoms. The maximum atomic E-state index is 11.4. The SMILES string of the molecule is CCCCCCCCCCCCC(C(O)CCCCC)S(=O)(=O)[O-].[K+]. The van der Waals surface area contributed by atoms with Crippen LogP contribution in [0, 0.1) is 0 Å². The Balaban J connectivity index is 0. The molecule has 0 heterocycles. The van der Waals surface area contributed by atoms with Gasteiger partial charge in [0.1, 0.15) is 10.1 Å². The first-order valence-electron chi connectivity index (χ1n) is 10.1. The molecule has 6 heteroatoms. The van der Waals surface area contributed by atoms with Gasteiger partial charge in [-0.3, -0.25) is 0 Å². The minimum Gasteiger partial charge on any atom is -0.748 e. The summed E-state index contributed by atoms with van der Waals surface area (Å²) in [5.74, 6) is 0. The van der Waals surface area contributed by atoms with Crippen LogP contribution in [0.5, 0.6) is 0 Å². The first-order valence-corrected chi connectivity index (χ1v) is 11.5. The van der Waals surface area contributed by atoms with E-state index in [4.69, 9.17) is 0 Å². The van der Waals surface area contributed by atoms with Crippen molar-refractivity contribution in [2.45, 2.75) is 122 Å². The van der Waals surface area contributed by atoms with Crippen LogP contribution >= 0.6 is 0 Å². The number of rotatable bonds is 17. The molecule has 0 saturated carbocycles. The molecule has 4 nitrogen and oxygen atoms in total. The van der Waals surface area contributed by atoms with Crippen molar-refractivity contribution in [1.29, 1.82) is 0 Å². The molecule has 0 radical (unpaired) electrons. The number of aliphatic hydroxyl groups is 1. The van der Waals surface area contributed by atoms with Gasteiger partial charge in [0.15, 0.2) is 0 Å². The van der Waals surface area contributed by atoms with Crippen LogP contribution in [0.4, 0.5) is 0 Å². The van der Waals surface area contributed by atoms with Crippen molar-refractivity contribution >= 4 is 10.1 Å². The summed E-state index contributed by atoms with van der Waals surface area (Å²) in [6.45, 7) is 4.27. The van der Waals surface area contributed by atoms with Gasteiger partial charge in [-0.15, -0.1) is 0 Å². The zero-order valence-corrected chi connectivity index (χ0v) is 20.8. The molecule has 0 saturated heterocycles. The van der Waals surface area contributed by atoms with E-state index in [2.05, 4.69) is 13.8 Å². The molecular formula is C19H39KO4S. The molecule has 0 aromatic rings. The number of hydrogen-bond donors (Lipinski definition) is 1. The Morgan fingerprint density at radius 1 is 0.720 bits per heavy atom. The summed E-state index contributed by atoms with van der Waals surface area (Å²) in [5, 5.41) is 8.91. The van der Waals surface area contributed by atoms with Crippen molar-refractivity contribution in [3.05, 3.63) is 0 Å². The molecule has 146 valence electrons. The molecule has 0 aliphatic carbocycles. The van der Waals surface area contributed by atoms with E-state index in [0.717, 1.165) is 32.1 Å². The normalized spacial score (nSPS) is 14.1. The predicted molar refractivity (Wildman–Crippen MR) is 100 cm³/mol. The third-order valence-corrected chi connectivity index (χ3v) is 6.04. The van der Waals surface area contributed by atoms with E-state index in [-0.39, 0.29) is 51.4 Å². The van der Waals surface area contributed by atoms with Crippen molar-refractivity contribution < 1.29 is 69.5 Å². The van der Waals surface area contributed by atoms with Crippen molar-refractivity contribution in [3.63, 3.8) is 0 Å². The Morgan fingerprint density at radius 2 is 1.08 bits per heavy atom. The number of aliphatic hydroxyl groups excluding tert-OH is 1. The van der Waals surface area contributed by atoms with Crippen LogP contribution in [0.3, 0.4) is 0 Å². The first-order chi connectivity index (χ1) is 11.4. The molecule has 1 N–H and O–H groups in total. The Bertz CT molecular complexity index is 374. The average Bonchev–Trinajstić information content (AvgIpc) is 2.51. The van der Waals surface area contributed by atoms with Gasteiger partial charge in [0.25, 0.3) is 0 Å². The van der Waals surface area contributed by atoms with Gasteiger partial charge in [-0.05, 0) is 12.8 Å². The second-order valence-corrected chi connectivity index (χ2v) is 8.66. The van der Waals surface area contributed by atoms with Crippen molar-refractivity contribution in [3.8, 4) is 0 Å². The van der Waals surface area contributed by atoms with Crippen molar-refractivity contribution in [2.75, 3.05) is 0 Å². The fraction of sp³-hybridized carbons (Fsp3) is 1.00. The van der Waals surface area contributed by atoms with E-state index in [9.17, 15) is 18.1 Å². The van der Waals surface area contributed by atoms with Gasteiger partial charge in [-0.1, -0.05) is 97.3 Å². The zero-order valence-electron chi connectivity index (χ0n) is 16.8. The van der Waals surface area contributed by atoms with E-state index in [1.807, 2.05) is 0 Å². The predicted octanol–water partition coefficient (Wildman–Crippen LogP) is 2.16. The Kier molecular flexibility index (Phi) is 21.7. The summed E-state index contributed by atoms with van der Waals surface area (Å²) in [6, 6.07) is 0. The maximum absolute atomic E-state index is 11.4. The molecule has 2 unspecified atom stereocenters. The molecule has 0 bridgehead atoms. The molecule has 0 aromatic heterocycles. The summed E-state index contributed by atoms with van der Waals surface area (Å²) in [7, 11) is -4.41. The van der Waals surface area contributed by atoms with E-state index < -0.39 is 21.5 Å². The molecule has 0 spiro atoms. The molecule has 2 atom stereocenters. The third kappa shape index (κ3) is 17.3. The summed E-state index contributed by atoms with van der Waals surface area (Å²) < 4.78 is 34.1.